The van der Waals surface area contributed by atoms with Crippen LogP contribution >= 0.6 is 0 Å². The van der Waals surface area contributed by atoms with E-state index in [9.17, 15) is 9.18 Å². The average molecular weight is 466 g/mol. The highest BCUT2D eigenvalue weighted by atomic mass is 32.2. The van der Waals surface area contributed by atoms with Crippen molar-refractivity contribution in [2.75, 3.05) is 30.0 Å². The number of nitrogens with zero attached hydrogens (tertiary/aromatic N) is 3. The number of benzene rings is 2. The first-order valence-corrected chi connectivity index (χ1v) is 12.1. The number of fused-ring (bicyclic) bond motifs is 1. The number of amides is 1. The molecule has 2 heterocycles. The van der Waals surface area contributed by atoms with Gasteiger partial charge in [0.25, 0.3) is 5.91 Å². The lowest BCUT2D eigenvalue weighted by Gasteiger charge is -2.15. The molecular weight excluding hydrogens is 441 g/mol. The van der Waals surface area contributed by atoms with E-state index in [-0.39, 0.29) is 29.6 Å². The maximum atomic E-state index is 13.9. The lowest BCUT2D eigenvalue weighted by molar-refractivity contribution is -0.122. The van der Waals surface area contributed by atoms with Crippen LogP contribution in [0, 0.1) is 25.1 Å². The molecule has 33 heavy (non-hydrogen) atoms. The number of hydrogen-bond acceptors (Lipinski definition) is 6. The molecule has 1 amide bonds. The van der Waals surface area contributed by atoms with Crippen LogP contribution in [-0.4, -0.2) is 40.5 Å². The van der Waals surface area contributed by atoms with Crippen LogP contribution in [0.4, 0.5) is 21.6 Å². The molecule has 3 aromatic rings. The summed E-state index contributed by atoms with van der Waals surface area (Å²) in [4.78, 5) is 20.7. The van der Waals surface area contributed by atoms with E-state index in [1.165, 1.54) is 37.4 Å². The van der Waals surface area contributed by atoms with E-state index in [1.807, 2.05) is 19.1 Å². The molecule has 1 aliphatic heterocycles. The molecule has 170 valence electrons. The van der Waals surface area contributed by atoms with E-state index in [4.69, 9.17) is 15.5 Å². The van der Waals surface area contributed by atoms with Gasteiger partial charge < -0.3 is 15.4 Å². The largest absolute Gasteiger partial charge is 0.481 e. The number of carbonyl (C=O) groups excluding carboxylic acids is 1. The molecule has 2 N–H and O–H groups in total. The molecule has 1 aliphatic rings. The van der Waals surface area contributed by atoms with Gasteiger partial charge in [0.05, 0.1) is 23.4 Å². The lowest BCUT2D eigenvalue weighted by atomic mass is 10.1. The lowest BCUT2D eigenvalue weighted by Crippen LogP contribution is -2.29. The van der Waals surface area contributed by atoms with Gasteiger partial charge in [-0.1, -0.05) is 16.6 Å². The minimum absolute atomic E-state index is 0.0900. The Kier molecular flexibility index (Phi) is 7.15. The smallest absolute Gasteiger partial charge is 0.258 e. The second-order valence-electron chi connectivity index (χ2n) is 7.58. The van der Waals surface area contributed by atoms with E-state index < -0.39 is 11.7 Å². The molecular formula is C24H24FN5O2S. The van der Waals surface area contributed by atoms with Gasteiger partial charge in [0.1, 0.15) is 23.7 Å². The zero-order valence-corrected chi connectivity index (χ0v) is 19.0. The highest BCUT2D eigenvalue weighted by molar-refractivity contribution is 7.87. The number of carbonyl (C=O) groups is 1. The van der Waals surface area contributed by atoms with Gasteiger partial charge in [-0.25, -0.2) is 18.7 Å². The topological polar surface area (TPSA) is 88.5 Å². The Hall–Kier alpha value is -3.51. The third-order valence-electron chi connectivity index (χ3n) is 5.11. The normalized spacial score (nSPS) is 13.5. The fourth-order valence-electron chi connectivity index (χ4n) is 3.59. The summed E-state index contributed by atoms with van der Waals surface area (Å²) in [5, 5.41) is 6.55. The predicted molar refractivity (Wildman–Crippen MR) is 130 cm³/mol. The van der Waals surface area contributed by atoms with Gasteiger partial charge in [-0.15, -0.1) is 6.42 Å². The molecule has 0 aliphatic carbocycles. The van der Waals surface area contributed by atoms with E-state index in [0.29, 0.717) is 11.5 Å². The number of aromatic nitrogens is 2. The fraction of sp³-hybridized carbons (Fsp3) is 0.292. The standard InChI is InChI=1S/C24H24FN5O2S/c1-3-8-26-22(31)14-32-21-12-17(25)6-7-19(21)29-24-23-16(2)11-18(13-20(23)27-15-28-24)30-33-9-4-5-10-33/h1,6-7,11-13,15H,4-5,8-10,14H2,2H3,(H,26,31)(H,27,28,29). The summed E-state index contributed by atoms with van der Waals surface area (Å²) in [5.41, 5.74) is 3.16. The number of ether oxygens (including phenoxy) is 1. The fourth-order valence-corrected chi connectivity index (χ4v) is 5.46. The Morgan fingerprint density at radius 2 is 2.09 bits per heavy atom. The van der Waals surface area contributed by atoms with Crippen LogP contribution < -0.4 is 15.4 Å². The average Bonchev–Trinajstić information content (AvgIpc) is 3.30. The van der Waals surface area contributed by atoms with Gasteiger partial charge in [-0.05, 0) is 49.6 Å². The van der Waals surface area contributed by atoms with Crippen LogP contribution in [0.15, 0.2) is 41.0 Å². The summed E-state index contributed by atoms with van der Waals surface area (Å²) in [6.07, 6.45) is 9.09. The molecule has 0 spiro atoms. The van der Waals surface area contributed by atoms with Crippen molar-refractivity contribution < 1.29 is 13.9 Å². The summed E-state index contributed by atoms with van der Waals surface area (Å²) in [6.45, 7) is 1.79. The van der Waals surface area contributed by atoms with Crippen molar-refractivity contribution in [2.24, 2.45) is 4.36 Å². The summed E-state index contributed by atoms with van der Waals surface area (Å²) < 4.78 is 24.3. The summed E-state index contributed by atoms with van der Waals surface area (Å²) >= 11 is 0. The number of anilines is 2. The highest BCUT2D eigenvalue weighted by Gasteiger charge is 2.14. The number of aryl methyl sites for hydroxylation is 1. The van der Waals surface area contributed by atoms with Crippen LogP contribution in [-0.2, 0) is 15.5 Å². The van der Waals surface area contributed by atoms with Gasteiger partial charge in [0, 0.05) is 23.0 Å². The van der Waals surface area contributed by atoms with Crippen molar-refractivity contribution in [2.45, 2.75) is 19.8 Å². The Bertz CT molecular complexity index is 1260. The second-order valence-corrected chi connectivity index (χ2v) is 9.51. The Labute approximate surface area is 194 Å². The summed E-state index contributed by atoms with van der Waals surface area (Å²) in [5.74, 6) is 4.48. The summed E-state index contributed by atoms with van der Waals surface area (Å²) in [6, 6.07) is 8.08. The second kappa shape index (κ2) is 10.4. The molecule has 1 fully saturated rings. The first-order valence-electron chi connectivity index (χ1n) is 10.6. The molecule has 2 aromatic carbocycles. The first-order chi connectivity index (χ1) is 16.0. The van der Waals surface area contributed by atoms with Gasteiger partial charge >= 0.3 is 0 Å². The van der Waals surface area contributed by atoms with Crippen molar-refractivity contribution in [3.05, 3.63) is 48.0 Å². The highest BCUT2D eigenvalue weighted by Crippen LogP contribution is 2.34. The number of halogens is 1. The molecule has 0 atom stereocenters. The third kappa shape index (κ3) is 5.65. The van der Waals surface area contributed by atoms with Crippen molar-refractivity contribution in [1.29, 1.82) is 0 Å². The molecule has 0 unspecified atom stereocenters. The molecule has 0 saturated carbocycles. The van der Waals surface area contributed by atoms with Crippen molar-refractivity contribution >= 4 is 44.7 Å². The van der Waals surface area contributed by atoms with Crippen molar-refractivity contribution in [3.8, 4) is 18.1 Å². The zero-order chi connectivity index (χ0) is 23.2. The number of rotatable bonds is 7. The molecule has 0 bridgehead atoms. The zero-order valence-electron chi connectivity index (χ0n) is 18.2. The SMILES string of the molecule is C#CCNC(=O)COc1cc(F)ccc1Nc1ncnc2cc(N=S3CCCC3)cc(C)c12. The quantitative estimate of drug-likeness (QED) is 0.511. The number of hydrogen-bond donors (Lipinski definition) is 2. The molecule has 7 nitrogen and oxygen atoms in total. The van der Waals surface area contributed by atoms with E-state index in [2.05, 4.69) is 26.5 Å². The number of nitrogens with one attached hydrogen (secondary N) is 2. The molecule has 4 rings (SSSR count). The van der Waals surface area contributed by atoms with E-state index in [1.54, 1.807) is 0 Å². The molecule has 9 heteroatoms. The summed E-state index contributed by atoms with van der Waals surface area (Å²) in [7, 11) is 0.0900. The van der Waals surface area contributed by atoms with Gasteiger partial charge in [-0.3, -0.25) is 4.79 Å². The van der Waals surface area contributed by atoms with Gasteiger partial charge in [0.15, 0.2) is 6.61 Å². The van der Waals surface area contributed by atoms with Gasteiger partial charge in [-0.2, -0.15) is 0 Å². The van der Waals surface area contributed by atoms with Crippen LogP contribution in [0.1, 0.15) is 18.4 Å². The molecule has 0 radical (unpaired) electrons. The Morgan fingerprint density at radius 3 is 2.88 bits per heavy atom. The Balaban J connectivity index is 1.62. The van der Waals surface area contributed by atoms with E-state index in [0.717, 1.165) is 33.7 Å². The van der Waals surface area contributed by atoms with Crippen LogP contribution in [0.3, 0.4) is 0 Å². The molecule has 1 saturated heterocycles. The monoisotopic (exact) mass is 465 g/mol. The number of terminal acetylenes is 1. The molecule has 1 aromatic heterocycles. The Morgan fingerprint density at radius 1 is 1.27 bits per heavy atom. The van der Waals surface area contributed by atoms with E-state index >= 15 is 0 Å². The first kappa shape index (κ1) is 22.7. The van der Waals surface area contributed by atoms with Crippen LogP contribution in [0.2, 0.25) is 0 Å². The minimum Gasteiger partial charge on any atom is -0.481 e. The van der Waals surface area contributed by atoms with Crippen molar-refractivity contribution in [1.82, 2.24) is 15.3 Å². The van der Waals surface area contributed by atoms with Crippen LogP contribution in [0.5, 0.6) is 5.75 Å². The maximum absolute atomic E-state index is 13.9. The van der Waals surface area contributed by atoms with Gasteiger partial charge in [0.2, 0.25) is 0 Å². The van der Waals surface area contributed by atoms with Crippen LogP contribution in [0.25, 0.3) is 10.9 Å². The maximum Gasteiger partial charge on any atom is 0.258 e. The predicted octanol–water partition coefficient (Wildman–Crippen LogP) is 4.18. The van der Waals surface area contributed by atoms with Crippen molar-refractivity contribution in [3.63, 3.8) is 0 Å². The minimum atomic E-state index is -0.484. The third-order valence-corrected chi connectivity index (χ3v) is 7.10.